The van der Waals surface area contributed by atoms with E-state index in [1.165, 1.54) is 12.8 Å². The lowest BCUT2D eigenvalue weighted by atomic mass is 10.1. The van der Waals surface area contributed by atoms with E-state index in [0.29, 0.717) is 18.0 Å². The Kier molecular flexibility index (Phi) is 7.40. The third kappa shape index (κ3) is 6.11. The smallest absolute Gasteiger partial charge is 0.241 e. The molecule has 0 atom stereocenters. The van der Waals surface area contributed by atoms with Crippen LogP contribution in [0.3, 0.4) is 0 Å². The van der Waals surface area contributed by atoms with E-state index < -0.39 is 10.0 Å². The number of nitrogens with one attached hydrogen (secondary N) is 1. The second-order valence-corrected chi connectivity index (χ2v) is 9.58. The second kappa shape index (κ2) is 10.0. The van der Waals surface area contributed by atoms with Gasteiger partial charge in [0.25, 0.3) is 0 Å². The molecule has 0 saturated carbocycles. The third-order valence-corrected chi connectivity index (χ3v) is 6.46. The lowest BCUT2D eigenvalue weighted by molar-refractivity contribution is -0.119. The minimum Gasteiger partial charge on any atom is -0.495 e. The molecule has 0 spiro atoms. The van der Waals surface area contributed by atoms with E-state index in [9.17, 15) is 13.2 Å². The number of benzene rings is 2. The van der Waals surface area contributed by atoms with Crippen molar-refractivity contribution in [2.45, 2.75) is 6.54 Å². The number of hydrogen-bond acceptors (Lipinski definition) is 6. The molecule has 9 heteroatoms. The zero-order valence-corrected chi connectivity index (χ0v) is 19.1. The van der Waals surface area contributed by atoms with Crippen LogP contribution in [0.1, 0.15) is 5.56 Å². The van der Waals surface area contributed by atoms with Gasteiger partial charge >= 0.3 is 0 Å². The van der Waals surface area contributed by atoms with E-state index >= 15 is 0 Å². The first-order valence-corrected chi connectivity index (χ1v) is 12.0. The number of carbonyl (C=O) groups is 1. The Bertz CT molecular complexity index is 987. The first-order chi connectivity index (χ1) is 14.8. The molecule has 0 aliphatic carbocycles. The molecule has 1 amide bonds. The third-order valence-electron chi connectivity index (χ3n) is 5.34. The molecule has 0 aromatic heterocycles. The first-order valence-electron chi connectivity index (χ1n) is 10.2. The first kappa shape index (κ1) is 22.9. The van der Waals surface area contributed by atoms with Gasteiger partial charge in [0.15, 0.2) is 0 Å². The van der Waals surface area contributed by atoms with Crippen LogP contribution in [0.5, 0.6) is 5.75 Å². The fourth-order valence-electron chi connectivity index (χ4n) is 3.49. The molecule has 0 radical (unpaired) electrons. The predicted molar refractivity (Wildman–Crippen MR) is 123 cm³/mol. The number of likely N-dealkylation sites (N-methyl/N-ethyl adjacent to an activating group) is 1. The molecule has 168 valence electrons. The average molecular weight is 447 g/mol. The van der Waals surface area contributed by atoms with Gasteiger partial charge in [0.1, 0.15) is 12.3 Å². The molecule has 2 aromatic carbocycles. The van der Waals surface area contributed by atoms with Gasteiger partial charge in [-0.05, 0) is 36.9 Å². The van der Waals surface area contributed by atoms with Crippen molar-refractivity contribution in [2.24, 2.45) is 0 Å². The van der Waals surface area contributed by atoms with Crippen molar-refractivity contribution in [1.29, 1.82) is 0 Å². The second-order valence-electron chi connectivity index (χ2n) is 7.67. The van der Waals surface area contributed by atoms with Crippen LogP contribution in [-0.4, -0.2) is 72.4 Å². The van der Waals surface area contributed by atoms with Crippen LogP contribution in [0.2, 0.25) is 0 Å². The molecule has 0 unspecified atom stereocenters. The van der Waals surface area contributed by atoms with Crippen LogP contribution < -0.4 is 19.3 Å². The molecule has 0 bridgehead atoms. The Labute approximate surface area is 184 Å². The minimum absolute atomic E-state index is 0.321. The molecular formula is C22H30N4O4S. The summed E-state index contributed by atoms with van der Waals surface area (Å²) in [5.41, 5.74) is 2.45. The van der Waals surface area contributed by atoms with Crippen molar-refractivity contribution in [1.82, 2.24) is 10.2 Å². The highest BCUT2D eigenvalue weighted by Gasteiger charge is 2.23. The van der Waals surface area contributed by atoms with Gasteiger partial charge in [-0.15, -0.1) is 0 Å². The molecule has 3 rings (SSSR count). The summed E-state index contributed by atoms with van der Waals surface area (Å²) in [6.07, 6.45) is 1.07. The standard InChI is InChI=1S/C22H30N4O4S/c1-24-12-14-25(15-13-24)19-10-8-18(9-11-19)16-23-22(27)17-26(31(3,28)29)20-6-4-5-7-21(20)30-2/h4-11H,12-17H2,1-3H3,(H,23,27). The summed E-state index contributed by atoms with van der Waals surface area (Å²) in [6.45, 7) is 4.08. The zero-order chi connectivity index (χ0) is 22.4. The van der Waals surface area contributed by atoms with Crippen molar-refractivity contribution >= 4 is 27.3 Å². The fourth-order valence-corrected chi connectivity index (χ4v) is 4.35. The fraction of sp³-hybridized carbons (Fsp3) is 0.409. The maximum atomic E-state index is 12.5. The summed E-state index contributed by atoms with van der Waals surface area (Å²) in [6, 6.07) is 14.8. The maximum absolute atomic E-state index is 12.5. The molecule has 2 aromatic rings. The van der Waals surface area contributed by atoms with Crippen molar-refractivity contribution in [2.75, 3.05) is 62.3 Å². The van der Waals surface area contributed by atoms with E-state index in [1.807, 2.05) is 12.1 Å². The Morgan fingerprint density at radius 2 is 1.71 bits per heavy atom. The molecule has 1 heterocycles. The normalized spacial score (nSPS) is 14.9. The van der Waals surface area contributed by atoms with Crippen LogP contribution in [0.25, 0.3) is 0 Å². The van der Waals surface area contributed by atoms with Crippen LogP contribution in [0, 0.1) is 0 Å². The van der Waals surface area contributed by atoms with Crippen molar-refractivity contribution in [3.05, 3.63) is 54.1 Å². The highest BCUT2D eigenvalue weighted by atomic mass is 32.2. The van der Waals surface area contributed by atoms with E-state index in [0.717, 1.165) is 42.3 Å². The van der Waals surface area contributed by atoms with E-state index in [1.54, 1.807) is 24.3 Å². The number of methoxy groups -OCH3 is 1. The Hall–Kier alpha value is -2.78. The number of piperazine rings is 1. The predicted octanol–water partition coefficient (Wildman–Crippen LogP) is 1.53. The van der Waals surface area contributed by atoms with Crippen LogP contribution in [0.15, 0.2) is 48.5 Å². The molecule has 1 aliphatic heterocycles. The minimum atomic E-state index is -3.67. The summed E-state index contributed by atoms with van der Waals surface area (Å²) in [5.74, 6) is -0.000282. The number of ether oxygens (including phenoxy) is 1. The Balaban J connectivity index is 1.60. The summed E-state index contributed by atoms with van der Waals surface area (Å²) in [7, 11) is -0.0767. The van der Waals surface area contributed by atoms with E-state index in [2.05, 4.69) is 34.3 Å². The number of sulfonamides is 1. The van der Waals surface area contributed by atoms with Gasteiger partial charge in [0, 0.05) is 38.4 Å². The maximum Gasteiger partial charge on any atom is 0.241 e. The molecule has 1 aliphatic rings. The topological polar surface area (TPSA) is 82.2 Å². The summed E-state index contributed by atoms with van der Waals surface area (Å²) >= 11 is 0. The average Bonchev–Trinajstić information content (AvgIpc) is 2.76. The van der Waals surface area contributed by atoms with Gasteiger partial charge < -0.3 is 19.9 Å². The number of hydrogen-bond donors (Lipinski definition) is 1. The zero-order valence-electron chi connectivity index (χ0n) is 18.2. The van der Waals surface area contributed by atoms with E-state index in [-0.39, 0.29) is 12.5 Å². The number of rotatable bonds is 8. The largest absolute Gasteiger partial charge is 0.495 e. The molecule has 31 heavy (non-hydrogen) atoms. The number of nitrogens with zero attached hydrogens (tertiary/aromatic N) is 3. The monoisotopic (exact) mass is 446 g/mol. The van der Waals surface area contributed by atoms with Gasteiger partial charge in [-0.2, -0.15) is 0 Å². The van der Waals surface area contributed by atoms with Crippen LogP contribution in [0.4, 0.5) is 11.4 Å². The van der Waals surface area contributed by atoms with Gasteiger partial charge in [0.05, 0.1) is 19.1 Å². The molecule has 1 N–H and O–H groups in total. The molecule has 1 fully saturated rings. The number of amides is 1. The summed E-state index contributed by atoms with van der Waals surface area (Å²) in [5, 5.41) is 2.81. The highest BCUT2D eigenvalue weighted by molar-refractivity contribution is 7.92. The van der Waals surface area contributed by atoms with Gasteiger partial charge in [0.2, 0.25) is 15.9 Å². The van der Waals surface area contributed by atoms with Gasteiger partial charge in [-0.25, -0.2) is 8.42 Å². The molecular weight excluding hydrogens is 416 g/mol. The number of anilines is 2. The SMILES string of the molecule is COc1ccccc1N(CC(=O)NCc1ccc(N2CCN(C)CC2)cc1)S(C)(=O)=O. The van der Waals surface area contributed by atoms with Crippen LogP contribution in [-0.2, 0) is 21.4 Å². The summed E-state index contributed by atoms with van der Waals surface area (Å²) in [4.78, 5) is 17.2. The van der Waals surface area contributed by atoms with Crippen LogP contribution >= 0.6 is 0 Å². The molecule has 1 saturated heterocycles. The van der Waals surface area contributed by atoms with Gasteiger partial charge in [-0.1, -0.05) is 24.3 Å². The summed E-state index contributed by atoms with van der Waals surface area (Å²) < 4.78 is 30.9. The number of carbonyl (C=O) groups excluding carboxylic acids is 1. The van der Waals surface area contributed by atoms with Crippen molar-refractivity contribution < 1.29 is 17.9 Å². The Morgan fingerprint density at radius 3 is 2.32 bits per heavy atom. The van der Waals surface area contributed by atoms with E-state index in [4.69, 9.17) is 4.74 Å². The molecule has 8 nitrogen and oxygen atoms in total. The number of para-hydroxylation sites is 2. The highest BCUT2D eigenvalue weighted by Crippen LogP contribution is 2.29. The van der Waals surface area contributed by atoms with Gasteiger partial charge in [-0.3, -0.25) is 9.10 Å². The lowest BCUT2D eigenvalue weighted by Crippen LogP contribution is -2.44. The van der Waals surface area contributed by atoms with Crippen molar-refractivity contribution in [3.63, 3.8) is 0 Å². The van der Waals surface area contributed by atoms with Crippen molar-refractivity contribution in [3.8, 4) is 5.75 Å². The Morgan fingerprint density at radius 1 is 1.06 bits per heavy atom. The quantitative estimate of drug-likeness (QED) is 0.662. The lowest BCUT2D eigenvalue weighted by Gasteiger charge is -2.34.